The minimum Gasteiger partial charge on any atom is -0.467 e. The highest BCUT2D eigenvalue weighted by molar-refractivity contribution is 5.20. The van der Waals surface area contributed by atoms with Crippen LogP contribution in [0.5, 0.6) is 0 Å². The van der Waals surface area contributed by atoms with Crippen LogP contribution in [0.2, 0.25) is 0 Å². The molecule has 0 aromatic carbocycles. The molecule has 1 N–H and O–H groups in total. The predicted molar refractivity (Wildman–Crippen MR) is 54.4 cm³/mol. The summed E-state index contributed by atoms with van der Waals surface area (Å²) >= 11 is 0. The zero-order chi connectivity index (χ0) is 10.7. The molecule has 0 atom stereocenters. The van der Waals surface area contributed by atoms with Crippen molar-refractivity contribution in [1.82, 2.24) is 10.1 Å². The molecule has 2 rings (SSSR count). The van der Waals surface area contributed by atoms with E-state index in [-0.39, 0.29) is 5.92 Å². The lowest BCUT2D eigenvalue weighted by Gasteiger charge is -1.96. The third kappa shape index (κ3) is 2.37. The third-order valence-corrected chi connectivity index (χ3v) is 1.95. The van der Waals surface area contributed by atoms with Crippen LogP contribution in [-0.4, -0.2) is 10.1 Å². The highest BCUT2D eigenvalue weighted by Gasteiger charge is 2.09. The first-order valence-electron chi connectivity index (χ1n) is 4.85. The van der Waals surface area contributed by atoms with Crippen LogP contribution in [0.15, 0.2) is 27.3 Å². The van der Waals surface area contributed by atoms with Gasteiger partial charge in [0.25, 0.3) is 0 Å². The maximum atomic E-state index is 5.16. The normalized spacial score (nSPS) is 10.9. The van der Waals surface area contributed by atoms with Crippen LogP contribution in [0.4, 0.5) is 6.01 Å². The summed E-state index contributed by atoms with van der Waals surface area (Å²) in [5.74, 6) is 1.81. The highest BCUT2D eigenvalue weighted by Crippen LogP contribution is 2.13. The first-order chi connectivity index (χ1) is 7.25. The fourth-order valence-corrected chi connectivity index (χ4v) is 1.12. The van der Waals surface area contributed by atoms with Gasteiger partial charge in [-0.05, 0) is 12.1 Å². The Morgan fingerprint density at radius 1 is 1.47 bits per heavy atom. The van der Waals surface area contributed by atoms with E-state index >= 15 is 0 Å². The van der Waals surface area contributed by atoms with Crippen LogP contribution in [-0.2, 0) is 6.54 Å². The van der Waals surface area contributed by atoms with Crippen molar-refractivity contribution < 1.29 is 8.94 Å². The van der Waals surface area contributed by atoms with Crippen LogP contribution in [0.1, 0.15) is 31.4 Å². The molecule has 0 aliphatic rings. The summed E-state index contributed by atoms with van der Waals surface area (Å²) in [5, 5.41) is 6.82. The summed E-state index contributed by atoms with van der Waals surface area (Å²) in [6.07, 6.45) is 1.63. The summed E-state index contributed by atoms with van der Waals surface area (Å²) in [5.41, 5.74) is 0. The van der Waals surface area contributed by atoms with Gasteiger partial charge in [-0.25, -0.2) is 0 Å². The Bertz CT molecular complexity index is 406. The zero-order valence-corrected chi connectivity index (χ0v) is 8.73. The molecule has 0 unspecified atom stereocenters. The Labute approximate surface area is 87.5 Å². The van der Waals surface area contributed by atoms with Gasteiger partial charge in [0.05, 0.1) is 12.8 Å². The van der Waals surface area contributed by atoms with Crippen molar-refractivity contribution in [3.05, 3.63) is 30.0 Å². The van der Waals surface area contributed by atoms with Crippen molar-refractivity contribution >= 4 is 6.01 Å². The minimum absolute atomic E-state index is 0.271. The molecular formula is C10H13N3O2. The molecule has 0 saturated heterocycles. The molecule has 0 aliphatic heterocycles. The van der Waals surface area contributed by atoms with Gasteiger partial charge in [-0.15, -0.1) is 0 Å². The van der Waals surface area contributed by atoms with E-state index in [9.17, 15) is 0 Å². The first-order valence-corrected chi connectivity index (χ1v) is 4.85. The quantitative estimate of drug-likeness (QED) is 0.833. The van der Waals surface area contributed by atoms with E-state index in [1.165, 1.54) is 0 Å². The molecule has 0 amide bonds. The molecule has 2 aromatic rings. The van der Waals surface area contributed by atoms with Gasteiger partial charge >= 0.3 is 6.01 Å². The largest absolute Gasteiger partial charge is 0.467 e. The number of furan rings is 1. The molecule has 0 spiro atoms. The van der Waals surface area contributed by atoms with Gasteiger partial charge < -0.3 is 14.3 Å². The number of rotatable bonds is 4. The van der Waals surface area contributed by atoms with Gasteiger partial charge in [0.2, 0.25) is 0 Å². The molecule has 2 heterocycles. The van der Waals surface area contributed by atoms with E-state index in [4.69, 9.17) is 8.94 Å². The summed E-state index contributed by atoms with van der Waals surface area (Å²) in [7, 11) is 0. The molecular weight excluding hydrogens is 194 g/mol. The first kappa shape index (κ1) is 9.76. The van der Waals surface area contributed by atoms with E-state index in [2.05, 4.69) is 15.5 Å². The number of anilines is 1. The Hall–Kier alpha value is -1.78. The second kappa shape index (κ2) is 4.16. The second-order valence-corrected chi connectivity index (χ2v) is 3.55. The molecule has 0 radical (unpaired) electrons. The lowest BCUT2D eigenvalue weighted by molar-refractivity contribution is 0.416. The standard InChI is InChI=1S/C10H13N3O2/c1-7(2)9-12-10(15-13-9)11-6-8-4-3-5-14-8/h3-5,7H,6H2,1-2H3,(H,11,12,13). The number of nitrogens with one attached hydrogen (secondary N) is 1. The monoisotopic (exact) mass is 207 g/mol. The molecule has 80 valence electrons. The van der Waals surface area contributed by atoms with E-state index in [0.29, 0.717) is 18.4 Å². The summed E-state index contributed by atoms with van der Waals surface area (Å²) in [6, 6.07) is 4.15. The average molecular weight is 207 g/mol. The van der Waals surface area contributed by atoms with Crippen molar-refractivity contribution in [2.45, 2.75) is 26.3 Å². The lowest BCUT2D eigenvalue weighted by Crippen LogP contribution is -1.98. The van der Waals surface area contributed by atoms with Crippen molar-refractivity contribution in [2.75, 3.05) is 5.32 Å². The van der Waals surface area contributed by atoms with Crippen molar-refractivity contribution in [3.63, 3.8) is 0 Å². The van der Waals surface area contributed by atoms with E-state index in [1.54, 1.807) is 6.26 Å². The summed E-state index contributed by atoms with van der Waals surface area (Å²) < 4.78 is 10.2. The predicted octanol–water partition coefficient (Wildman–Crippen LogP) is 2.40. The molecule has 5 heteroatoms. The smallest absolute Gasteiger partial charge is 0.321 e. The van der Waals surface area contributed by atoms with Crippen molar-refractivity contribution in [1.29, 1.82) is 0 Å². The summed E-state index contributed by atoms with van der Waals surface area (Å²) in [6.45, 7) is 4.58. The van der Waals surface area contributed by atoms with Gasteiger partial charge in [0.15, 0.2) is 5.82 Å². The number of aromatic nitrogens is 2. The fourth-order valence-electron chi connectivity index (χ4n) is 1.12. The molecule has 0 aliphatic carbocycles. The molecule has 0 bridgehead atoms. The van der Waals surface area contributed by atoms with Crippen molar-refractivity contribution in [2.24, 2.45) is 0 Å². The zero-order valence-electron chi connectivity index (χ0n) is 8.73. The molecule has 0 saturated carbocycles. The Kier molecular flexibility index (Phi) is 2.71. The van der Waals surface area contributed by atoms with Gasteiger partial charge in [0.1, 0.15) is 5.76 Å². The third-order valence-electron chi connectivity index (χ3n) is 1.95. The van der Waals surface area contributed by atoms with Crippen LogP contribution in [0, 0.1) is 0 Å². The van der Waals surface area contributed by atoms with Crippen LogP contribution in [0.25, 0.3) is 0 Å². The number of hydrogen-bond acceptors (Lipinski definition) is 5. The van der Waals surface area contributed by atoms with Crippen LogP contribution < -0.4 is 5.32 Å². The van der Waals surface area contributed by atoms with Crippen molar-refractivity contribution in [3.8, 4) is 0 Å². The van der Waals surface area contributed by atoms with Gasteiger partial charge in [-0.1, -0.05) is 19.0 Å². The van der Waals surface area contributed by atoms with Crippen LogP contribution in [0.3, 0.4) is 0 Å². The topological polar surface area (TPSA) is 64.1 Å². The maximum absolute atomic E-state index is 5.16. The second-order valence-electron chi connectivity index (χ2n) is 3.55. The minimum atomic E-state index is 0.271. The number of hydrogen-bond donors (Lipinski definition) is 1. The molecule has 5 nitrogen and oxygen atoms in total. The lowest BCUT2D eigenvalue weighted by atomic mass is 10.2. The Morgan fingerprint density at radius 3 is 2.93 bits per heavy atom. The molecule has 0 fully saturated rings. The summed E-state index contributed by atoms with van der Waals surface area (Å²) in [4.78, 5) is 4.18. The van der Waals surface area contributed by atoms with Gasteiger partial charge in [0, 0.05) is 5.92 Å². The van der Waals surface area contributed by atoms with E-state index in [1.807, 2.05) is 26.0 Å². The van der Waals surface area contributed by atoms with E-state index < -0.39 is 0 Å². The fraction of sp³-hybridized carbons (Fsp3) is 0.400. The molecule has 15 heavy (non-hydrogen) atoms. The SMILES string of the molecule is CC(C)c1noc(NCc2ccco2)n1. The van der Waals surface area contributed by atoms with Crippen LogP contribution >= 0.6 is 0 Å². The van der Waals surface area contributed by atoms with Gasteiger partial charge in [-0.3, -0.25) is 0 Å². The Balaban J connectivity index is 1.94. The molecule has 2 aromatic heterocycles. The van der Waals surface area contributed by atoms with E-state index in [0.717, 1.165) is 5.76 Å². The highest BCUT2D eigenvalue weighted by atomic mass is 16.5. The number of nitrogens with zero attached hydrogens (tertiary/aromatic N) is 2. The maximum Gasteiger partial charge on any atom is 0.321 e. The average Bonchev–Trinajstić information content (AvgIpc) is 2.86. The van der Waals surface area contributed by atoms with Gasteiger partial charge in [-0.2, -0.15) is 4.98 Å². The Morgan fingerprint density at radius 2 is 2.33 bits per heavy atom.